The molecule has 0 aliphatic heterocycles. The quantitative estimate of drug-likeness (QED) is 0.645. The van der Waals surface area contributed by atoms with Gasteiger partial charge in [-0.2, -0.15) is 0 Å². The molecule has 1 aromatic carbocycles. The molecule has 4 heteroatoms. The van der Waals surface area contributed by atoms with Crippen molar-refractivity contribution < 1.29 is 8.42 Å². The maximum absolute atomic E-state index is 10.2. The van der Waals surface area contributed by atoms with Crippen LogP contribution in [-0.4, -0.2) is 8.42 Å². The summed E-state index contributed by atoms with van der Waals surface area (Å²) in [6.45, 7) is 3.66. The number of rotatable bonds is 2. The molecule has 0 saturated heterocycles. The number of benzene rings is 1. The number of hydrogen-bond acceptors (Lipinski definition) is 2. The van der Waals surface area contributed by atoms with Gasteiger partial charge in [-0.3, -0.25) is 4.72 Å². The number of hydrogen-bond donors (Lipinski definition) is 2. The molecule has 0 aliphatic rings. The Hall–Kier alpha value is -1.03. The van der Waals surface area contributed by atoms with Gasteiger partial charge in [0.15, 0.2) is 0 Å². The van der Waals surface area contributed by atoms with Gasteiger partial charge in [0.05, 0.1) is 0 Å². The van der Waals surface area contributed by atoms with Gasteiger partial charge >= 0.3 is 0 Å². The summed E-state index contributed by atoms with van der Waals surface area (Å²) in [5, 5.41) is 0. The van der Waals surface area contributed by atoms with Crippen molar-refractivity contribution in [3.63, 3.8) is 0 Å². The molecular weight excluding hydrogens is 162 g/mol. The van der Waals surface area contributed by atoms with Crippen LogP contribution in [0.2, 0.25) is 0 Å². The van der Waals surface area contributed by atoms with Gasteiger partial charge in [-0.05, 0) is 24.6 Å². The molecule has 3 nitrogen and oxygen atoms in total. The zero-order valence-corrected chi connectivity index (χ0v) is 6.67. The monoisotopic (exact) mass is 170 g/mol. The molecule has 0 heterocycles. The smallest absolute Gasteiger partial charge is 0.222 e. The lowest BCUT2D eigenvalue weighted by atomic mass is 10.2. The van der Waals surface area contributed by atoms with Gasteiger partial charge in [-0.1, -0.05) is 12.1 Å². The summed E-state index contributed by atoms with van der Waals surface area (Å²) in [5.41, 5.74) is 1.42. The Morgan fingerprint density at radius 2 is 1.73 bits per heavy atom. The molecule has 0 bridgehead atoms. The lowest BCUT2D eigenvalue weighted by Crippen LogP contribution is -1.93. The first kappa shape index (κ1) is 8.07. The Balaban J connectivity index is 2.82. The lowest BCUT2D eigenvalue weighted by Gasteiger charge is -1.97. The average Bonchev–Trinajstić information content (AvgIpc) is 1.93. The highest BCUT2D eigenvalue weighted by atomic mass is 32.2. The summed E-state index contributed by atoms with van der Waals surface area (Å²) in [5.74, 6) is 0. The van der Waals surface area contributed by atoms with Crippen LogP contribution in [0.5, 0.6) is 0 Å². The van der Waals surface area contributed by atoms with Gasteiger partial charge in [0.1, 0.15) is 0 Å². The van der Waals surface area contributed by atoms with Crippen LogP contribution in [0.15, 0.2) is 24.3 Å². The number of nitrogens with one attached hydrogen (secondary N) is 1. The van der Waals surface area contributed by atoms with Crippen LogP contribution in [0.3, 0.4) is 0 Å². The van der Waals surface area contributed by atoms with Gasteiger partial charge in [-0.15, -0.1) is 0 Å². The maximum Gasteiger partial charge on any atom is 0.222 e. The van der Waals surface area contributed by atoms with Crippen molar-refractivity contribution in [3.05, 3.63) is 36.8 Å². The fourth-order valence-electron chi connectivity index (χ4n) is 0.685. The van der Waals surface area contributed by atoms with Crippen LogP contribution < -0.4 is 4.72 Å². The molecule has 0 spiro atoms. The fraction of sp³-hybridized carbons (Fsp3) is 0. The van der Waals surface area contributed by atoms with Gasteiger partial charge in [-0.25, -0.2) is 8.42 Å². The molecule has 0 atom stereocenters. The first-order valence-corrected chi connectivity index (χ1v) is 4.19. The summed E-state index contributed by atoms with van der Waals surface area (Å²) in [6, 6.07) is 6.79. The first-order valence-electron chi connectivity index (χ1n) is 3.01. The Morgan fingerprint density at radius 3 is 2.18 bits per heavy atom. The third-order valence-electron chi connectivity index (χ3n) is 1.17. The van der Waals surface area contributed by atoms with Gasteiger partial charge in [0.2, 0.25) is 10.9 Å². The van der Waals surface area contributed by atoms with Gasteiger partial charge in [0, 0.05) is 5.69 Å². The molecule has 0 saturated carbocycles. The summed E-state index contributed by atoms with van der Waals surface area (Å²) >= 11 is 0. The minimum absolute atomic E-state index is 0.563. The SMILES string of the molecule is [CH2]c1ccc(N[SH](=O)=O)cc1. The topological polar surface area (TPSA) is 46.2 Å². The summed E-state index contributed by atoms with van der Waals surface area (Å²) < 4.78 is 22.6. The van der Waals surface area contributed by atoms with Crippen LogP contribution in [0, 0.1) is 6.92 Å². The lowest BCUT2D eigenvalue weighted by molar-refractivity contribution is 0.619. The molecule has 11 heavy (non-hydrogen) atoms. The number of thiol groups is 1. The van der Waals surface area contributed by atoms with Crippen molar-refractivity contribution in [2.45, 2.75) is 0 Å². The number of anilines is 1. The Labute approximate surface area is 67.1 Å². The van der Waals surface area contributed by atoms with Crippen molar-refractivity contribution in [2.75, 3.05) is 4.72 Å². The summed E-state index contributed by atoms with van der Waals surface area (Å²) in [4.78, 5) is 0. The average molecular weight is 170 g/mol. The van der Waals surface area contributed by atoms with Crippen LogP contribution in [0.25, 0.3) is 0 Å². The van der Waals surface area contributed by atoms with Crippen molar-refractivity contribution >= 4 is 16.6 Å². The summed E-state index contributed by atoms with van der Waals surface area (Å²) in [7, 11) is -2.56. The second kappa shape index (κ2) is 3.39. The Bertz CT molecular complexity index is 295. The van der Waals surface area contributed by atoms with E-state index >= 15 is 0 Å². The van der Waals surface area contributed by atoms with Crippen molar-refractivity contribution in [3.8, 4) is 0 Å². The molecule has 0 aliphatic carbocycles. The van der Waals surface area contributed by atoms with E-state index in [4.69, 9.17) is 0 Å². The van der Waals surface area contributed by atoms with E-state index in [9.17, 15) is 8.42 Å². The molecule has 1 aromatic rings. The minimum atomic E-state index is -2.56. The van der Waals surface area contributed by atoms with E-state index in [-0.39, 0.29) is 0 Å². The second-order valence-corrected chi connectivity index (χ2v) is 2.80. The molecule has 59 valence electrons. The van der Waals surface area contributed by atoms with Crippen LogP contribution >= 0.6 is 0 Å². The summed E-state index contributed by atoms with van der Waals surface area (Å²) in [6.07, 6.45) is 0. The van der Waals surface area contributed by atoms with E-state index in [0.717, 1.165) is 5.56 Å². The first-order chi connectivity index (χ1) is 5.18. The van der Waals surface area contributed by atoms with Crippen molar-refractivity contribution in [1.29, 1.82) is 0 Å². The van der Waals surface area contributed by atoms with Gasteiger partial charge < -0.3 is 0 Å². The largest absolute Gasteiger partial charge is 0.286 e. The van der Waals surface area contributed by atoms with E-state index in [1.807, 2.05) is 0 Å². The van der Waals surface area contributed by atoms with Crippen LogP contribution in [-0.2, 0) is 10.9 Å². The third kappa shape index (κ3) is 2.59. The maximum atomic E-state index is 10.2. The Morgan fingerprint density at radius 1 is 1.18 bits per heavy atom. The van der Waals surface area contributed by atoms with E-state index in [2.05, 4.69) is 11.6 Å². The molecule has 0 aromatic heterocycles. The molecule has 0 fully saturated rings. The molecule has 1 rings (SSSR count). The van der Waals surface area contributed by atoms with Crippen LogP contribution in [0.1, 0.15) is 5.56 Å². The molecule has 0 unspecified atom stereocenters. The fourth-order valence-corrected chi connectivity index (χ4v) is 1.04. The van der Waals surface area contributed by atoms with E-state index in [1.165, 1.54) is 0 Å². The molecular formula is C7H8NO2S. The zero-order chi connectivity index (χ0) is 8.27. The predicted octanol–water partition coefficient (Wildman–Crippen LogP) is 0.807. The molecule has 0 amide bonds. The zero-order valence-electron chi connectivity index (χ0n) is 5.78. The Kier molecular flexibility index (Phi) is 2.48. The second-order valence-electron chi connectivity index (χ2n) is 2.07. The van der Waals surface area contributed by atoms with Crippen molar-refractivity contribution in [2.24, 2.45) is 0 Å². The van der Waals surface area contributed by atoms with E-state index < -0.39 is 10.9 Å². The molecule has 1 N–H and O–H groups in total. The predicted molar refractivity (Wildman–Crippen MR) is 44.8 cm³/mol. The highest BCUT2D eigenvalue weighted by Crippen LogP contribution is 2.07. The van der Waals surface area contributed by atoms with E-state index in [0.29, 0.717) is 5.69 Å². The van der Waals surface area contributed by atoms with Crippen molar-refractivity contribution in [1.82, 2.24) is 0 Å². The highest BCUT2D eigenvalue weighted by Gasteiger charge is 1.89. The standard InChI is InChI=1S/C7H8NO2S/c1-6-2-4-7(5-3-6)8-11(9)10/h2-5,11H,1H2,(H,8,9,10). The van der Waals surface area contributed by atoms with E-state index in [1.54, 1.807) is 24.3 Å². The third-order valence-corrected chi connectivity index (χ3v) is 1.62. The normalized spacial score (nSPS) is 10.0. The van der Waals surface area contributed by atoms with Gasteiger partial charge in [0.25, 0.3) is 0 Å². The van der Waals surface area contributed by atoms with Crippen LogP contribution in [0.4, 0.5) is 5.69 Å². The highest BCUT2D eigenvalue weighted by molar-refractivity contribution is 7.73. The molecule has 1 radical (unpaired) electrons. The minimum Gasteiger partial charge on any atom is -0.286 e.